The van der Waals surface area contributed by atoms with Crippen molar-refractivity contribution in [2.24, 2.45) is 23.7 Å². The molecule has 2 aromatic heterocycles. The molecule has 1 saturated heterocycles. The van der Waals surface area contributed by atoms with Gasteiger partial charge in [0.1, 0.15) is 22.1 Å². The summed E-state index contributed by atoms with van der Waals surface area (Å²) in [4.78, 5) is 113. The van der Waals surface area contributed by atoms with E-state index in [2.05, 4.69) is 20.6 Å². The summed E-state index contributed by atoms with van der Waals surface area (Å²) >= 11 is 2.18. The Bertz CT molecular complexity index is 2370. The number of amides is 6. The van der Waals surface area contributed by atoms with Crippen molar-refractivity contribution in [1.29, 1.82) is 0 Å². The number of rotatable bonds is 27. The van der Waals surface area contributed by atoms with Crippen LogP contribution < -0.4 is 10.6 Å². The first-order valence-electron chi connectivity index (χ1n) is 25.2. The average Bonchev–Trinajstić information content (AvgIpc) is 3.94. The predicted octanol–water partition coefficient (Wildman–Crippen LogP) is 5.73. The Morgan fingerprint density at radius 2 is 1.38 bits per heavy atom. The Hall–Kier alpha value is -5.67. The first-order valence-corrected chi connectivity index (χ1v) is 26.8. The number of ether oxygens (including phenoxy) is 2. The van der Waals surface area contributed by atoms with Crippen molar-refractivity contribution >= 4 is 64.9 Å². The number of carboxylic acid groups (broad SMARTS) is 1. The van der Waals surface area contributed by atoms with Gasteiger partial charge in [0.2, 0.25) is 23.6 Å². The first-order chi connectivity index (χ1) is 35.2. The molecule has 20 heteroatoms. The number of nitrogens with one attached hydrogen (secondary N) is 2. The van der Waals surface area contributed by atoms with Crippen LogP contribution in [0.3, 0.4) is 0 Å². The van der Waals surface area contributed by atoms with Crippen molar-refractivity contribution in [1.82, 2.24) is 40.2 Å². The van der Waals surface area contributed by atoms with E-state index in [9.17, 15) is 38.7 Å². The number of methoxy groups -OCH3 is 2. The van der Waals surface area contributed by atoms with Gasteiger partial charge in [-0.1, -0.05) is 121 Å². The summed E-state index contributed by atoms with van der Waals surface area (Å²) in [6, 6.07) is 15.5. The van der Waals surface area contributed by atoms with Crippen LogP contribution in [0.25, 0.3) is 0 Å². The second-order valence-electron chi connectivity index (χ2n) is 19.7. The number of aromatic nitrogens is 2. The Morgan fingerprint density at radius 1 is 0.797 bits per heavy atom. The molecule has 0 saturated carbocycles. The van der Waals surface area contributed by atoms with Gasteiger partial charge in [-0.05, 0) is 67.5 Å². The maximum Gasteiger partial charge on any atom is 0.326 e. The van der Waals surface area contributed by atoms with E-state index in [4.69, 9.17) is 9.47 Å². The van der Waals surface area contributed by atoms with Gasteiger partial charge in [0.15, 0.2) is 0 Å². The van der Waals surface area contributed by atoms with Gasteiger partial charge in [0.05, 0.1) is 59.2 Å². The highest BCUT2D eigenvalue weighted by atomic mass is 32.2. The number of carbonyl (C=O) groups excluding carboxylic acids is 6. The molecular formula is C54H74N8O10S2. The molecule has 6 amide bonds. The maximum absolute atomic E-state index is 14.8. The molecule has 0 bridgehead atoms. The van der Waals surface area contributed by atoms with E-state index in [1.807, 2.05) is 47.6 Å². The molecule has 0 aliphatic carbocycles. The fourth-order valence-corrected chi connectivity index (χ4v) is 11.8. The SMILES string of the molecule is CC[C@H](C)C([C@H](CC(=O)N1CCC[C@H]1[C@@H](OC)[C@@H](C)C(=O)N[C@@H](Cc1ccccc1)C(=O)O)OC)N(C)C(=O)[C@@H](NC(=O)[C@H](C(C)C)N(C)CN1C(=O)C(Sc2ccccn2)=C(Sc2ccccn2)C1=O)C(C)C. The lowest BCUT2D eigenvalue weighted by Crippen LogP contribution is -2.60. The molecule has 18 nitrogen and oxygen atoms in total. The molecule has 5 rings (SSSR count). The van der Waals surface area contributed by atoms with Gasteiger partial charge in [0.25, 0.3) is 11.8 Å². The first kappa shape index (κ1) is 59.2. The largest absolute Gasteiger partial charge is 0.480 e. The normalized spacial score (nSPS) is 18.3. The van der Waals surface area contributed by atoms with Crippen LogP contribution in [0.4, 0.5) is 0 Å². The Balaban J connectivity index is 1.29. The van der Waals surface area contributed by atoms with Crippen molar-refractivity contribution in [3.8, 4) is 0 Å². The van der Waals surface area contributed by atoms with Crippen LogP contribution in [0.5, 0.6) is 0 Å². The van der Waals surface area contributed by atoms with Gasteiger partial charge >= 0.3 is 5.97 Å². The van der Waals surface area contributed by atoms with Gasteiger partial charge in [-0.15, -0.1) is 0 Å². The second kappa shape index (κ2) is 27.7. The zero-order valence-corrected chi connectivity index (χ0v) is 46.1. The van der Waals surface area contributed by atoms with Crippen LogP contribution in [0.15, 0.2) is 99.0 Å². The smallest absolute Gasteiger partial charge is 0.326 e. The lowest BCUT2D eigenvalue weighted by molar-refractivity contribution is -0.148. The van der Waals surface area contributed by atoms with Crippen LogP contribution in [0.1, 0.15) is 79.7 Å². The number of thioether (sulfide) groups is 2. The standard InChI is InChI=1S/C54H74N8O10S2/c1-12-34(6)45(39(71-10)30-42(63)61-28-20-23-38(61)46(72-11)35(7)49(64)57-37(54(69)70)29-36-21-14-13-15-22-36)60(9)51(66)43(32(2)3)58-50(65)44(33(4)5)59(8)31-62-52(67)47(73-40-24-16-18-26-55-40)48(53(62)68)74-41-25-17-19-27-56-41/h13-19,21-22,24-27,32-35,37-39,43-46H,12,20,23,28-31H2,1-11H3,(H,57,64)(H,58,65)(H,69,70)/t34-,35+,37-,38-,39-,43-,44-,45?,46-/m0/s1. The van der Waals surface area contributed by atoms with Gasteiger partial charge in [-0.3, -0.25) is 38.6 Å². The van der Waals surface area contributed by atoms with E-state index >= 15 is 0 Å². The monoisotopic (exact) mass is 1060 g/mol. The van der Waals surface area contributed by atoms with Crippen LogP contribution in [-0.2, 0) is 49.5 Å². The van der Waals surface area contributed by atoms with E-state index < -0.39 is 77.9 Å². The quantitative estimate of drug-likeness (QED) is 0.0777. The summed E-state index contributed by atoms with van der Waals surface area (Å²) in [7, 11) is 6.30. The Kier molecular flexibility index (Phi) is 22.2. The van der Waals surface area contributed by atoms with Gasteiger partial charge in [-0.25, -0.2) is 14.8 Å². The van der Waals surface area contributed by atoms with Crippen LogP contribution >= 0.6 is 23.5 Å². The minimum Gasteiger partial charge on any atom is -0.480 e. The summed E-state index contributed by atoms with van der Waals surface area (Å²) in [6.45, 7) is 13.2. The van der Waals surface area contributed by atoms with Crippen molar-refractivity contribution in [2.45, 2.75) is 133 Å². The molecule has 4 heterocycles. The van der Waals surface area contributed by atoms with E-state index in [1.165, 1.54) is 14.2 Å². The molecule has 0 spiro atoms. The molecular weight excluding hydrogens is 985 g/mol. The number of aliphatic carboxylic acids is 1. The van der Waals surface area contributed by atoms with Crippen molar-refractivity contribution in [3.05, 3.63) is 94.5 Å². The third-order valence-corrected chi connectivity index (χ3v) is 16.1. The van der Waals surface area contributed by atoms with Crippen molar-refractivity contribution in [3.63, 3.8) is 0 Å². The summed E-state index contributed by atoms with van der Waals surface area (Å²) in [5.74, 6) is -5.50. The predicted molar refractivity (Wildman–Crippen MR) is 283 cm³/mol. The fraction of sp³-hybridized carbons (Fsp3) is 0.537. The van der Waals surface area contributed by atoms with Crippen molar-refractivity contribution in [2.75, 3.05) is 41.5 Å². The topological polar surface area (TPSA) is 221 Å². The number of hydrogen-bond donors (Lipinski definition) is 3. The minimum atomic E-state index is -1.17. The summed E-state index contributed by atoms with van der Waals surface area (Å²) in [6.07, 6.45) is 3.54. The highest BCUT2D eigenvalue weighted by Gasteiger charge is 2.45. The number of pyridine rings is 2. The molecule has 1 fully saturated rings. The number of imide groups is 1. The summed E-state index contributed by atoms with van der Waals surface area (Å²) in [5, 5.41) is 16.8. The molecule has 1 unspecified atom stereocenters. The third kappa shape index (κ3) is 14.8. The molecule has 2 aliphatic rings. The molecule has 2 aliphatic heterocycles. The molecule has 9 atom stereocenters. The highest BCUT2D eigenvalue weighted by molar-refractivity contribution is 8.08. The number of benzene rings is 1. The van der Waals surface area contributed by atoms with E-state index in [0.717, 1.165) is 34.0 Å². The van der Waals surface area contributed by atoms with Crippen molar-refractivity contribution < 1.29 is 48.1 Å². The number of carbonyl (C=O) groups is 7. The van der Waals surface area contributed by atoms with E-state index in [1.54, 1.807) is 109 Å². The van der Waals surface area contributed by atoms with Crippen LogP contribution in [0.2, 0.25) is 0 Å². The zero-order chi connectivity index (χ0) is 54.4. The lowest BCUT2D eigenvalue weighted by Gasteiger charge is -2.41. The number of nitrogens with zero attached hydrogens (tertiary/aromatic N) is 6. The van der Waals surface area contributed by atoms with Gasteiger partial charge in [-0.2, -0.15) is 0 Å². The van der Waals surface area contributed by atoms with Gasteiger partial charge < -0.3 is 35.0 Å². The number of carboxylic acids is 1. The lowest BCUT2D eigenvalue weighted by atomic mass is 9.89. The van der Waals surface area contributed by atoms with Crippen LogP contribution in [-0.4, -0.2) is 160 Å². The maximum atomic E-state index is 14.8. The molecule has 3 aromatic rings. The number of likely N-dealkylation sites (tertiary alicyclic amines) is 1. The molecule has 74 heavy (non-hydrogen) atoms. The molecule has 3 N–H and O–H groups in total. The summed E-state index contributed by atoms with van der Waals surface area (Å²) < 4.78 is 12.0. The fourth-order valence-electron chi connectivity index (χ4n) is 9.82. The molecule has 402 valence electrons. The van der Waals surface area contributed by atoms with E-state index in [-0.39, 0.29) is 58.9 Å². The zero-order valence-electron chi connectivity index (χ0n) is 44.4. The third-order valence-electron chi connectivity index (χ3n) is 13.9. The average molecular weight is 1060 g/mol. The summed E-state index contributed by atoms with van der Waals surface area (Å²) in [5.41, 5.74) is 0.760. The molecule has 0 radical (unpaired) electrons. The van der Waals surface area contributed by atoms with E-state index in [0.29, 0.717) is 35.9 Å². The Labute approximate surface area is 444 Å². The number of hydrogen-bond acceptors (Lipinski definition) is 14. The second-order valence-corrected chi connectivity index (χ2v) is 21.8. The Morgan fingerprint density at radius 3 is 1.86 bits per heavy atom. The van der Waals surface area contributed by atoms with Gasteiger partial charge in [0, 0.05) is 46.6 Å². The molecule has 1 aromatic carbocycles. The highest BCUT2D eigenvalue weighted by Crippen LogP contribution is 2.42. The van der Waals surface area contributed by atoms with Crippen LogP contribution in [0, 0.1) is 23.7 Å². The number of likely N-dealkylation sites (N-methyl/N-ethyl adjacent to an activating group) is 2. The minimum absolute atomic E-state index is 0.0965.